The highest BCUT2D eigenvalue weighted by atomic mass is 16.5. The number of hydrogen-bond acceptors (Lipinski definition) is 6. The fraction of sp³-hybridized carbons (Fsp3) is 0.200. The van der Waals surface area contributed by atoms with E-state index in [4.69, 9.17) is 10.5 Å². The van der Waals surface area contributed by atoms with Gasteiger partial charge in [0.05, 0.1) is 11.2 Å². The van der Waals surface area contributed by atoms with Crippen molar-refractivity contribution >= 4 is 11.6 Å². The summed E-state index contributed by atoms with van der Waals surface area (Å²) in [6.07, 6.45) is 6.57. The Balaban J connectivity index is 1.69. The molecule has 0 unspecified atom stereocenters. The Morgan fingerprint density at radius 2 is 2.18 bits per heavy atom. The highest BCUT2D eigenvalue weighted by molar-refractivity contribution is 5.95. The Kier molecular flexibility index (Phi) is 5.27. The number of nitrogen functional groups attached to an aromatic ring is 1. The maximum atomic E-state index is 12.7. The van der Waals surface area contributed by atoms with Crippen molar-refractivity contribution in [1.82, 2.24) is 19.9 Å². The number of aromatic nitrogens is 3. The van der Waals surface area contributed by atoms with Gasteiger partial charge in [-0.3, -0.25) is 9.36 Å². The molecule has 28 heavy (non-hydrogen) atoms. The lowest BCUT2D eigenvalue weighted by Gasteiger charge is -2.26. The first-order chi connectivity index (χ1) is 13.4. The van der Waals surface area contributed by atoms with E-state index < -0.39 is 5.54 Å². The van der Waals surface area contributed by atoms with Gasteiger partial charge in [-0.15, -0.1) is 0 Å². The first kappa shape index (κ1) is 18.9. The van der Waals surface area contributed by atoms with Crippen LogP contribution in [0.25, 0.3) is 5.82 Å². The molecule has 0 spiro atoms. The van der Waals surface area contributed by atoms with Crippen molar-refractivity contribution in [3.63, 3.8) is 0 Å². The van der Waals surface area contributed by atoms with Gasteiger partial charge in [0, 0.05) is 24.2 Å². The molecule has 0 saturated carbocycles. The monoisotopic (exact) mass is 376 g/mol. The summed E-state index contributed by atoms with van der Waals surface area (Å²) in [5, 5.41) is 12.2. The Morgan fingerprint density at radius 1 is 1.36 bits per heavy atom. The molecular formula is C20H20N6O2. The number of ether oxygens (including phenoxy) is 1. The zero-order valence-corrected chi connectivity index (χ0v) is 15.6. The minimum Gasteiger partial charge on any atom is -0.490 e. The lowest BCUT2D eigenvalue weighted by atomic mass is 10.1. The topological polar surface area (TPSA) is 119 Å². The van der Waals surface area contributed by atoms with Crippen molar-refractivity contribution in [2.75, 3.05) is 12.3 Å². The number of carbonyl (C=O) groups is 1. The molecule has 0 atom stereocenters. The summed E-state index contributed by atoms with van der Waals surface area (Å²) < 4.78 is 7.47. The van der Waals surface area contributed by atoms with Crippen LogP contribution in [0.15, 0.2) is 55.2 Å². The van der Waals surface area contributed by atoms with Crippen molar-refractivity contribution in [1.29, 1.82) is 5.26 Å². The van der Waals surface area contributed by atoms with Gasteiger partial charge in [0.15, 0.2) is 0 Å². The Labute approximate surface area is 162 Å². The van der Waals surface area contributed by atoms with E-state index >= 15 is 0 Å². The van der Waals surface area contributed by atoms with Gasteiger partial charge < -0.3 is 15.8 Å². The second kappa shape index (κ2) is 7.80. The molecule has 8 heteroatoms. The van der Waals surface area contributed by atoms with Crippen LogP contribution < -0.4 is 15.8 Å². The molecule has 3 N–H and O–H groups in total. The molecule has 0 bridgehead atoms. The van der Waals surface area contributed by atoms with E-state index in [0.29, 0.717) is 22.8 Å². The highest BCUT2D eigenvalue weighted by Crippen LogP contribution is 2.24. The first-order valence-electron chi connectivity index (χ1n) is 8.58. The molecule has 1 aromatic carbocycles. The Hall–Kier alpha value is -3.86. The van der Waals surface area contributed by atoms with E-state index in [1.54, 1.807) is 59.8 Å². The van der Waals surface area contributed by atoms with Crippen molar-refractivity contribution in [3.8, 4) is 17.6 Å². The standard InChI is InChI=1S/C20H20N6O2/c1-20(2,12-28-17-5-3-4-16(22)15(17)11-21)25-19(27)14-6-7-24-18(10-14)26-9-8-23-13-26/h3-10,13H,12,22H2,1-2H3,(H,25,27). The van der Waals surface area contributed by atoms with Gasteiger partial charge >= 0.3 is 0 Å². The van der Waals surface area contributed by atoms with Gasteiger partial charge in [-0.1, -0.05) is 6.07 Å². The third-order valence-corrected chi connectivity index (χ3v) is 3.99. The van der Waals surface area contributed by atoms with Gasteiger partial charge in [-0.05, 0) is 38.1 Å². The summed E-state index contributed by atoms with van der Waals surface area (Å²) in [5.74, 6) is 0.721. The molecule has 0 aliphatic rings. The van der Waals surface area contributed by atoms with Crippen molar-refractivity contribution in [3.05, 3.63) is 66.4 Å². The molecular weight excluding hydrogens is 356 g/mol. The number of amides is 1. The maximum Gasteiger partial charge on any atom is 0.252 e. The summed E-state index contributed by atoms with van der Waals surface area (Å²) in [4.78, 5) is 20.9. The number of pyridine rings is 1. The number of hydrogen-bond donors (Lipinski definition) is 2. The fourth-order valence-corrected chi connectivity index (χ4v) is 2.56. The molecule has 142 valence electrons. The van der Waals surface area contributed by atoms with Gasteiger partial charge in [0.25, 0.3) is 5.91 Å². The zero-order chi connectivity index (χ0) is 20.1. The van der Waals surface area contributed by atoms with Gasteiger partial charge in [-0.2, -0.15) is 5.26 Å². The van der Waals surface area contributed by atoms with Crippen molar-refractivity contribution in [2.24, 2.45) is 0 Å². The third-order valence-electron chi connectivity index (χ3n) is 3.99. The molecule has 0 saturated heterocycles. The average Bonchev–Trinajstić information content (AvgIpc) is 3.21. The quantitative estimate of drug-likeness (QED) is 0.637. The van der Waals surface area contributed by atoms with Crippen LogP contribution in [-0.4, -0.2) is 32.6 Å². The largest absolute Gasteiger partial charge is 0.490 e. The number of nitrogens with zero attached hydrogens (tertiary/aromatic N) is 4. The lowest BCUT2D eigenvalue weighted by molar-refractivity contribution is 0.0880. The fourth-order valence-electron chi connectivity index (χ4n) is 2.56. The van der Waals surface area contributed by atoms with E-state index in [2.05, 4.69) is 15.3 Å². The van der Waals surface area contributed by atoms with E-state index in [1.165, 1.54) is 0 Å². The van der Waals surface area contributed by atoms with Crippen molar-refractivity contribution < 1.29 is 9.53 Å². The van der Waals surface area contributed by atoms with E-state index in [9.17, 15) is 10.1 Å². The molecule has 3 rings (SSSR count). The number of carbonyl (C=O) groups excluding carboxylic acids is 1. The second-order valence-corrected chi connectivity index (χ2v) is 6.83. The van der Waals surface area contributed by atoms with Crippen molar-refractivity contribution in [2.45, 2.75) is 19.4 Å². The minimum atomic E-state index is -0.688. The summed E-state index contributed by atoms with van der Waals surface area (Å²) in [5.41, 5.74) is 6.21. The molecule has 0 aliphatic heterocycles. The van der Waals surface area contributed by atoms with E-state index in [0.717, 1.165) is 0 Å². The average molecular weight is 376 g/mol. The van der Waals surface area contributed by atoms with Crippen LogP contribution >= 0.6 is 0 Å². The number of nitrogens with two attached hydrogens (primary N) is 1. The number of rotatable bonds is 6. The summed E-state index contributed by atoms with van der Waals surface area (Å²) >= 11 is 0. The predicted octanol–water partition coefficient (Wildman–Crippen LogP) is 2.31. The van der Waals surface area contributed by atoms with Gasteiger partial charge in [-0.25, -0.2) is 9.97 Å². The second-order valence-electron chi connectivity index (χ2n) is 6.83. The maximum absolute atomic E-state index is 12.7. The first-order valence-corrected chi connectivity index (χ1v) is 8.58. The van der Waals surface area contributed by atoms with Gasteiger partial charge in [0.1, 0.15) is 36.1 Å². The van der Waals surface area contributed by atoms with Crippen LogP contribution in [0.1, 0.15) is 29.8 Å². The smallest absolute Gasteiger partial charge is 0.252 e. The van der Waals surface area contributed by atoms with Crippen LogP contribution in [0, 0.1) is 11.3 Å². The van der Waals surface area contributed by atoms with Gasteiger partial charge in [0.2, 0.25) is 0 Å². The molecule has 8 nitrogen and oxygen atoms in total. The van der Waals surface area contributed by atoms with Crippen LogP contribution in [-0.2, 0) is 0 Å². The number of imidazole rings is 1. The molecule has 2 heterocycles. The van der Waals surface area contributed by atoms with E-state index in [1.807, 2.05) is 19.9 Å². The molecule has 1 amide bonds. The summed E-state index contributed by atoms with van der Waals surface area (Å²) in [7, 11) is 0. The third kappa shape index (κ3) is 4.27. The highest BCUT2D eigenvalue weighted by Gasteiger charge is 2.23. The zero-order valence-electron chi connectivity index (χ0n) is 15.6. The summed E-state index contributed by atoms with van der Waals surface area (Å²) in [6.45, 7) is 3.83. The Bertz CT molecular complexity index is 1020. The number of benzene rings is 1. The SMILES string of the molecule is CC(C)(COc1cccc(N)c1C#N)NC(=O)c1ccnc(-n2ccnc2)c1. The molecule has 2 aromatic heterocycles. The normalized spacial score (nSPS) is 10.9. The number of anilines is 1. The molecule has 0 radical (unpaired) electrons. The van der Waals surface area contributed by atoms with Crippen LogP contribution in [0.3, 0.4) is 0 Å². The predicted molar refractivity (Wildman–Crippen MR) is 104 cm³/mol. The van der Waals surface area contributed by atoms with Crippen LogP contribution in [0.4, 0.5) is 5.69 Å². The number of nitrogens with one attached hydrogen (secondary N) is 1. The van der Waals surface area contributed by atoms with Crippen LogP contribution in [0.5, 0.6) is 5.75 Å². The molecule has 0 fully saturated rings. The number of nitriles is 1. The molecule has 3 aromatic rings. The van der Waals surface area contributed by atoms with Crippen LogP contribution in [0.2, 0.25) is 0 Å². The summed E-state index contributed by atoms with van der Waals surface area (Å²) in [6, 6.07) is 10.4. The Morgan fingerprint density at radius 3 is 2.89 bits per heavy atom. The minimum absolute atomic E-state index is 0.163. The molecule has 0 aliphatic carbocycles. The lowest BCUT2D eigenvalue weighted by Crippen LogP contribution is -2.47. The van der Waals surface area contributed by atoms with E-state index in [-0.39, 0.29) is 18.1 Å².